The average Bonchev–Trinajstić information content (AvgIpc) is 3.32. The SMILES string of the molecule is C[C@H](NC(=O)c1cccc(-n2cnnc2)c1)c1ccc2c(c1)CCC2. The highest BCUT2D eigenvalue weighted by Gasteiger charge is 2.16. The van der Waals surface area contributed by atoms with Crippen LogP contribution in [0.25, 0.3) is 5.69 Å². The maximum atomic E-state index is 12.6. The first kappa shape index (κ1) is 15.6. The van der Waals surface area contributed by atoms with Gasteiger partial charge in [-0.1, -0.05) is 24.3 Å². The molecule has 0 unspecified atom stereocenters. The maximum absolute atomic E-state index is 12.6. The van der Waals surface area contributed by atoms with E-state index in [0.29, 0.717) is 5.56 Å². The fraction of sp³-hybridized carbons (Fsp3) is 0.250. The van der Waals surface area contributed by atoms with Crippen molar-refractivity contribution in [2.75, 3.05) is 0 Å². The van der Waals surface area contributed by atoms with E-state index in [2.05, 4.69) is 33.7 Å². The average molecular weight is 332 g/mol. The summed E-state index contributed by atoms with van der Waals surface area (Å²) >= 11 is 0. The summed E-state index contributed by atoms with van der Waals surface area (Å²) in [6.45, 7) is 2.03. The zero-order valence-electron chi connectivity index (χ0n) is 14.1. The van der Waals surface area contributed by atoms with Gasteiger partial charge in [0.2, 0.25) is 0 Å². The molecule has 4 rings (SSSR count). The van der Waals surface area contributed by atoms with Crippen molar-refractivity contribution >= 4 is 5.91 Å². The number of fused-ring (bicyclic) bond motifs is 1. The Morgan fingerprint density at radius 1 is 1.08 bits per heavy atom. The number of hydrogen-bond donors (Lipinski definition) is 1. The van der Waals surface area contributed by atoms with Gasteiger partial charge < -0.3 is 5.32 Å². The molecule has 0 radical (unpaired) electrons. The molecule has 1 atom stereocenters. The van der Waals surface area contributed by atoms with Crippen molar-refractivity contribution in [3.63, 3.8) is 0 Å². The summed E-state index contributed by atoms with van der Waals surface area (Å²) in [5.41, 5.74) is 5.52. The highest BCUT2D eigenvalue weighted by Crippen LogP contribution is 2.25. The molecule has 0 aliphatic heterocycles. The lowest BCUT2D eigenvalue weighted by atomic mass is 10.0. The van der Waals surface area contributed by atoms with Crippen molar-refractivity contribution in [2.45, 2.75) is 32.2 Å². The topological polar surface area (TPSA) is 59.8 Å². The fourth-order valence-electron chi connectivity index (χ4n) is 3.37. The Kier molecular flexibility index (Phi) is 4.06. The second kappa shape index (κ2) is 6.51. The zero-order valence-corrected chi connectivity index (χ0v) is 14.1. The van der Waals surface area contributed by atoms with Crippen LogP contribution in [-0.4, -0.2) is 20.7 Å². The van der Waals surface area contributed by atoms with Crippen LogP contribution in [0.2, 0.25) is 0 Å². The van der Waals surface area contributed by atoms with E-state index < -0.39 is 0 Å². The first-order valence-electron chi connectivity index (χ1n) is 8.58. The number of aryl methyl sites for hydroxylation is 2. The first-order valence-corrected chi connectivity index (χ1v) is 8.58. The Labute approximate surface area is 146 Å². The van der Waals surface area contributed by atoms with Gasteiger partial charge in [-0.25, -0.2) is 0 Å². The summed E-state index contributed by atoms with van der Waals surface area (Å²) in [7, 11) is 0. The van der Waals surface area contributed by atoms with Gasteiger partial charge in [0.05, 0.1) is 6.04 Å². The van der Waals surface area contributed by atoms with Crippen molar-refractivity contribution < 1.29 is 4.79 Å². The lowest BCUT2D eigenvalue weighted by Gasteiger charge is -2.16. The molecule has 1 aliphatic rings. The fourth-order valence-corrected chi connectivity index (χ4v) is 3.37. The number of carbonyl (C=O) groups excluding carboxylic acids is 1. The summed E-state index contributed by atoms with van der Waals surface area (Å²) in [4.78, 5) is 12.6. The van der Waals surface area contributed by atoms with E-state index in [0.717, 1.165) is 17.7 Å². The summed E-state index contributed by atoms with van der Waals surface area (Å²) in [6.07, 6.45) is 6.78. The molecule has 126 valence electrons. The molecular formula is C20H20N4O. The molecule has 0 saturated heterocycles. The normalized spacial score (nSPS) is 14.1. The second-order valence-electron chi connectivity index (χ2n) is 6.50. The molecule has 3 aromatic rings. The van der Waals surface area contributed by atoms with Crippen LogP contribution in [-0.2, 0) is 12.8 Å². The Morgan fingerprint density at radius 2 is 1.88 bits per heavy atom. The molecule has 25 heavy (non-hydrogen) atoms. The first-order chi connectivity index (χ1) is 12.2. The van der Waals surface area contributed by atoms with Crippen molar-refractivity contribution in [3.8, 4) is 5.69 Å². The van der Waals surface area contributed by atoms with Crippen molar-refractivity contribution in [3.05, 3.63) is 77.4 Å². The lowest BCUT2D eigenvalue weighted by Crippen LogP contribution is -2.26. The molecule has 5 heteroatoms. The van der Waals surface area contributed by atoms with Crippen LogP contribution in [0.5, 0.6) is 0 Å². The van der Waals surface area contributed by atoms with Crippen molar-refractivity contribution in [2.24, 2.45) is 0 Å². The van der Waals surface area contributed by atoms with Crippen LogP contribution >= 0.6 is 0 Å². The number of hydrogen-bond acceptors (Lipinski definition) is 3. The van der Waals surface area contributed by atoms with Gasteiger partial charge in [-0.15, -0.1) is 10.2 Å². The molecule has 0 fully saturated rings. The van der Waals surface area contributed by atoms with Gasteiger partial charge in [-0.3, -0.25) is 9.36 Å². The predicted octanol–water partition coefficient (Wildman–Crippen LogP) is 3.25. The second-order valence-corrected chi connectivity index (χ2v) is 6.50. The molecule has 1 aromatic heterocycles. The number of amides is 1. The largest absolute Gasteiger partial charge is 0.346 e. The van der Waals surface area contributed by atoms with E-state index in [1.165, 1.54) is 24.0 Å². The minimum absolute atomic E-state index is 0.0306. The van der Waals surface area contributed by atoms with Gasteiger partial charge in [0.25, 0.3) is 5.91 Å². The van der Waals surface area contributed by atoms with E-state index in [4.69, 9.17) is 0 Å². The molecular weight excluding hydrogens is 312 g/mol. The minimum Gasteiger partial charge on any atom is -0.346 e. The van der Waals surface area contributed by atoms with Gasteiger partial charge in [0, 0.05) is 11.3 Å². The van der Waals surface area contributed by atoms with E-state index in [1.54, 1.807) is 17.2 Å². The summed E-state index contributed by atoms with van der Waals surface area (Å²) in [5, 5.41) is 10.7. The number of nitrogens with one attached hydrogen (secondary N) is 1. The number of carbonyl (C=O) groups is 1. The summed E-state index contributed by atoms with van der Waals surface area (Å²) in [6, 6.07) is 14.0. The lowest BCUT2D eigenvalue weighted by molar-refractivity contribution is 0.0940. The van der Waals surface area contributed by atoms with Gasteiger partial charge in [-0.2, -0.15) is 0 Å². The molecule has 5 nitrogen and oxygen atoms in total. The third kappa shape index (κ3) is 3.18. The molecule has 1 N–H and O–H groups in total. The summed E-state index contributed by atoms with van der Waals surface area (Å²) in [5.74, 6) is -0.0806. The Hall–Kier alpha value is -2.95. The molecule has 1 aliphatic carbocycles. The molecule has 1 heterocycles. The van der Waals surface area contributed by atoms with E-state index >= 15 is 0 Å². The summed E-state index contributed by atoms with van der Waals surface area (Å²) < 4.78 is 1.78. The third-order valence-corrected chi connectivity index (χ3v) is 4.80. The monoisotopic (exact) mass is 332 g/mol. The van der Waals surface area contributed by atoms with Gasteiger partial charge in [0.15, 0.2) is 0 Å². The van der Waals surface area contributed by atoms with Crippen molar-refractivity contribution in [1.82, 2.24) is 20.1 Å². The van der Waals surface area contributed by atoms with Crippen LogP contribution < -0.4 is 5.32 Å². The highest BCUT2D eigenvalue weighted by molar-refractivity contribution is 5.95. The zero-order chi connectivity index (χ0) is 17.2. The molecule has 0 saturated carbocycles. The van der Waals surface area contributed by atoms with Crippen LogP contribution in [0.15, 0.2) is 55.1 Å². The van der Waals surface area contributed by atoms with Gasteiger partial charge >= 0.3 is 0 Å². The Bertz CT molecular complexity index is 902. The Morgan fingerprint density at radius 3 is 2.72 bits per heavy atom. The predicted molar refractivity (Wildman–Crippen MR) is 95.7 cm³/mol. The van der Waals surface area contributed by atoms with Gasteiger partial charge in [0.1, 0.15) is 12.7 Å². The standard InChI is InChI=1S/C20H20N4O/c1-14(16-9-8-15-4-2-5-17(15)10-16)23-20(25)18-6-3-7-19(11-18)24-12-21-22-13-24/h3,6-14H,2,4-5H2,1H3,(H,23,25)/t14-/m0/s1. The number of rotatable bonds is 4. The van der Waals surface area contributed by atoms with Crippen LogP contribution in [0.1, 0.15) is 46.4 Å². The Balaban J connectivity index is 1.51. The number of benzene rings is 2. The van der Waals surface area contributed by atoms with E-state index in [-0.39, 0.29) is 11.9 Å². The van der Waals surface area contributed by atoms with Crippen LogP contribution in [0.3, 0.4) is 0 Å². The van der Waals surface area contributed by atoms with Crippen molar-refractivity contribution in [1.29, 1.82) is 0 Å². The van der Waals surface area contributed by atoms with Crippen LogP contribution in [0, 0.1) is 0 Å². The van der Waals surface area contributed by atoms with E-state index in [9.17, 15) is 4.79 Å². The van der Waals surface area contributed by atoms with E-state index in [1.807, 2.05) is 31.2 Å². The quantitative estimate of drug-likeness (QED) is 0.798. The molecule has 2 aromatic carbocycles. The highest BCUT2D eigenvalue weighted by atomic mass is 16.1. The minimum atomic E-state index is -0.0806. The molecule has 0 bridgehead atoms. The molecule has 1 amide bonds. The van der Waals surface area contributed by atoms with Crippen LogP contribution in [0.4, 0.5) is 0 Å². The number of aromatic nitrogens is 3. The van der Waals surface area contributed by atoms with Gasteiger partial charge in [-0.05, 0) is 61.1 Å². The number of nitrogens with zero attached hydrogens (tertiary/aromatic N) is 3. The smallest absolute Gasteiger partial charge is 0.251 e. The third-order valence-electron chi connectivity index (χ3n) is 4.80. The maximum Gasteiger partial charge on any atom is 0.251 e. The molecule has 0 spiro atoms.